The molecule has 9 heteroatoms. The average molecular weight is 375 g/mol. The summed E-state index contributed by atoms with van der Waals surface area (Å²) in [6, 6.07) is 5.70. The number of hydrogen-bond acceptors (Lipinski definition) is 6. The van der Waals surface area contributed by atoms with Crippen LogP contribution in [0.1, 0.15) is 16.8 Å². The number of amides is 2. The average Bonchev–Trinajstić information content (AvgIpc) is 2.72. The fourth-order valence-corrected chi connectivity index (χ4v) is 3.41. The molecule has 2 aliphatic heterocycles. The SMILES string of the molecule is O=C(CCN1CCN(C(=O)c2ccc([N+](=O)[O-])cc2)CC1)N1CCNCC1. The van der Waals surface area contributed by atoms with E-state index in [0.29, 0.717) is 31.6 Å². The van der Waals surface area contributed by atoms with Gasteiger partial charge in [-0.2, -0.15) is 0 Å². The normalized spacial score (nSPS) is 18.4. The van der Waals surface area contributed by atoms with Gasteiger partial charge >= 0.3 is 0 Å². The summed E-state index contributed by atoms with van der Waals surface area (Å²) in [4.78, 5) is 40.9. The Labute approximate surface area is 158 Å². The first-order valence-electron chi connectivity index (χ1n) is 9.29. The van der Waals surface area contributed by atoms with E-state index in [1.54, 1.807) is 4.90 Å². The molecule has 27 heavy (non-hydrogen) atoms. The monoisotopic (exact) mass is 375 g/mol. The summed E-state index contributed by atoms with van der Waals surface area (Å²) in [6.45, 7) is 6.62. The van der Waals surface area contributed by atoms with Crippen molar-refractivity contribution in [2.24, 2.45) is 0 Å². The van der Waals surface area contributed by atoms with E-state index >= 15 is 0 Å². The van der Waals surface area contributed by atoms with Gasteiger partial charge in [-0.15, -0.1) is 0 Å². The number of rotatable bonds is 5. The molecule has 2 amide bonds. The van der Waals surface area contributed by atoms with Crippen molar-refractivity contribution in [3.05, 3.63) is 39.9 Å². The minimum atomic E-state index is -0.477. The lowest BCUT2D eigenvalue weighted by molar-refractivity contribution is -0.384. The van der Waals surface area contributed by atoms with Crippen molar-refractivity contribution in [3.8, 4) is 0 Å². The molecule has 2 aliphatic rings. The van der Waals surface area contributed by atoms with Crippen LogP contribution in [0.4, 0.5) is 5.69 Å². The van der Waals surface area contributed by atoms with E-state index in [0.717, 1.165) is 39.3 Å². The van der Waals surface area contributed by atoms with Gasteiger partial charge in [-0.3, -0.25) is 24.6 Å². The number of nitrogens with zero attached hydrogens (tertiary/aromatic N) is 4. The zero-order chi connectivity index (χ0) is 19.2. The fourth-order valence-electron chi connectivity index (χ4n) is 3.41. The van der Waals surface area contributed by atoms with Gasteiger partial charge in [0.05, 0.1) is 4.92 Å². The van der Waals surface area contributed by atoms with E-state index in [1.807, 2.05) is 4.90 Å². The molecule has 0 spiro atoms. The van der Waals surface area contributed by atoms with Crippen LogP contribution in [0.3, 0.4) is 0 Å². The predicted octanol–water partition coefficient (Wildman–Crippen LogP) is 0.175. The first-order chi connectivity index (χ1) is 13.0. The Morgan fingerprint density at radius 1 is 0.963 bits per heavy atom. The third kappa shape index (κ3) is 5.01. The van der Waals surface area contributed by atoms with Crippen molar-refractivity contribution in [3.63, 3.8) is 0 Å². The van der Waals surface area contributed by atoms with E-state index in [-0.39, 0.29) is 17.5 Å². The standard InChI is InChI=1S/C18H25N5O4/c24-17(21-9-6-19-7-10-21)5-8-20-11-13-22(14-12-20)18(25)15-1-3-16(4-2-15)23(26)27/h1-4,19H,5-14H2. The summed E-state index contributed by atoms with van der Waals surface area (Å²) in [5.74, 6) is 0.0855. The third-order valence-electron chi connectivity index (χ3n) is 5.10. The smallest absolute Gasteiger partial charge is 0.269 e. The number of nitro benzene ring substituents is 1. The van der Waals surface area contributed by atoms with Crippen molar-refractivity contribution >= 4 is 17.5 Å². The van der Waals surface area contributed by atoms with E-state index in [9.17, 15) is 19.7 Å². The predicted molar refractivity (Wildman–Crippen MR) is 99.5 cm³/mol. The molecule has 0 unspecified atom stereocenters. The van der Waals surface area contributed by atoms with Crippen LogP contribution in [0.2, 0.25) is 0 Å². The second kappa shape index (κ2) is 8.92. The van der Waals surface area contributed by atoms with Gasteiger partial charge in [-0.1, -0.05) is 0 Å². The molecular formula is C18H25N5O4. The number of non-ortho nitro benzene ring substituents is 1. The van der Waals surface area contributed by atoms with Crippen LogP contribution in [0.25, 0.3) is 0 Å². The number of carbonyl (C=O) groups is 2. The zero-order valence-corrected chi connectivity index (χ0v) is 15.3. The second-order valence-electron chi connectivity index (χ2n) is 6.82. The molecule has 1 aromatic carbocycles. The Morgan fingerprint density at radius 3 is 2.19 bits per heavy atom. The van der Waals surface area contributed by atoms with Crippen LogP contribution in [-0.4, -0.2) is 90.3 Å². The summed E-state index contributed by atoms with van der Waals surface area (Å²) in [7, 11) is 0. The van der Waals surface area contributed by atoms with Crippen LogP contribution in [-0.2, 0) is 4.79 Å². The summed E-state index contributed by atoms with van der Waals surface area (Å²) in [6.07, 6.45) is 0.510. The summed E-state index contributed by atoms with van der Waals surface area (Å²) < 4.78 is 0. The molecule has 0 saturated carbocycles. The molecule has 0 aliphatic carbocycles. The third-order valence-corrected chi connectivity index (χ3v) is 5.10. The summed E-state index contributed by atoms with van der Waals surface area (Å²) >= 11 is 0. The largest absolute Gasteiger partial charge is 0.340 e. The van der Waals surface area contributed by atoms with Crippen molar-refractivity contribution in [1.82, 2.24) is 20.0 Å². The summed E-state index contributed by atoms with van der Waals surface area (Å²) in [5, 5.41) is 13.9. The molecule has 146 valence electrons. The van der Waals surface area contributed by atoms with Gasteiger partial charge in [0.2, 0.25) is 5.91 Å². The van der Waals surface area contributed by atoms with Crippen LogP contribution in [0, 0.1) is 10.1 Å². The number of benzene rings is 1. The lowest BCUT2D eigenvalue weighted by Crippen LogP contribution is -2.50. The molecule has 2 fully saturated rings. The van der Waals surface area contributed by atoms with Crippen molar-refractivity contribution in [2.75, 3.05) is 58.9 Å². The minimum absolute atomic E-state index is 0.0227. The van der Waals surface area contributed by atoms with Crippen LogP contribution in [0.15, 0.2) is 24.3 Å². The highest BCUT2D eigenvalue weighted by molar-refractivity contribution is 5.94. The van der Waals surface area contributed by atoms with E-state index in [2.05, 4.69) is 10.2 Å². The molecule has 1 N–H and O–H groups in total. The van der Waals surface area contributed by atoms with Crippen LogP contribution < -0.4 is 5.32 Å². The maximum absolute atomic E-state index is 12.5. The molecule has 0 atom stereocenters. The number of nitro groups is 1. The van der Waals surface area contributed by atoms with Gasteiger partial charge in [0, 0.05) is 83.0 Å². The van der Waals surface area contributed by atoms with Crippen LogP contribution >= 0.6 is 0 Å². The topological polar surface area (TPSA) is 99.0 Å². The van der Waals surface area contributed by atoms with Crippen molar-refractivity contribution in [2.45, 2.75) is 6.42 Å². The lowest BCUT2D eigenvalue weighted by atomic mass is 10.1. The lowest BCUT2D eigenvalue weighted by Gasteiger charge is -2.35. The number of piperazine rings is 2. The Balaban J connectivity index is 1.43. The van der Waals surface area contributed by atoms with Gasteiger partial charge in [-0.25, -0.2) is 0 Å². The van der Waals surface area contributed by atoms with E-state index in [4.69, 9.17) is 0 Å². The first kappa shape index (κ1) is 19.2. The van der Waals surface area contributed by atoms with E-state index in [1.165, 1.54) is 24.3 Å². The molecule has 0 bridgehead atoms. The zero-order valence-electron chi connectivity index (χ0n) is 15.3. The Bertz CT molecular complexity index is 679. The highest BCUT2D eigenvalue weighted by Gasteiger charge is 2.24. The van der Waals surface area contributed by atoms with Crippen molar-refractivity contribution < 1.29 is 14.5 Å². The van der Waals surface area contributed by atoms with Gasteiger partial charge < -0.3 is 15.1 Å². The molecule has 0 radical (unpaired) electrons. The Morgan fingerprint density at radius 2 is 1.59 bits per heavy atom. The van der Waals surface area contributed by atoms with Crippen molar-refractivity contribution in [1.29, 1.82) is 0 Å². The van der Waals surface area contributed by atoms with Crippen LogP contribution in [0.5, 0.6) is 0 Å². The maximum Gasteiger partial charge on any atom is 0.269 e. The molecule has 2 saturated heterocycles. The Hall–Kier alpha value is -2.52. The molecule has 1 aromatic rings. The first-order valence-corrected chi connectivity index (χ1v) is 9.29. The fraction of sp³-hybridized carbons (Fsp3) is 0.556. The second-order valence-corrected chi connectivity index (χ2v) is 6.82. The van der Waals surface area contributed by atoms with Gasteiger partial charge in [0.15, 0.2) is 0 Å². The highest BCUT2D eigenvalue weighted by Crippen LogP contribution is 2.15. The van der Waals surface area contributed by atoms with Gasteiger partial charge in [0.25, 0.3) is 11.6 Å². The highest BCUT2D eigenvalue weighted by atomic mass is 16.6. The quantitative estimate of drug-likeness (QED) is 0.582. The number of hydrogen-bond donors (Lipinski definition) is 1. The molecule has 9 nitrogen and oxygen atoms in total. The van der Waals surface area contributed by atoms with Gasteiger partial charge in [-0.05, 0) is 12.1 Å². The maximum atomic E-state index is 12.5. The molecule has 3 rings (SSSR count). The number of nitrogens with one attached hydrogen (secondary N) is 1. The summed E-state index contributed by atoms with van der Waals surface area (Å²) in [5.41, 5.74) is 0.438. The molecule has 0 aromatic heterocycles. The van der Waals surface area contributed by atoms with Gasteiger partial charge in [0.1, 0.15) is 0 Å². The van der Waals surface area contributed by atoms with E-state index < -0.39 is 4.92 Å². The minimum Gasteiger partial charge on any atom is -0.340 e. The Kier molecular flexibility index (Phi) is 6.36. The molecule has 2 heterocycles. The molecular weight excluding hydrogens is 350 g/mol. The number of carbonyl (C=O) groups excluding carboxylic acids is 2.